The molecule has 492 valence electrons. The van der Waals surface area contributed by atoms with E-state index in [0.717, 1.165) is 44.9 Å². The smallest absolute Gasteiger partial charge is 0.305 e. The van der Waals surface area contributed by atoms with E-state index in [1.54, 1.807) is 0 Å². The van der Waals surface area contributed by atoms with E-state index < -0.39 is 12.1 Å². The number of amides is 1. The predicted molar refractivity (Wildman–Crippen MR) is 366 cm³/mol. The van der Waals surface area contributed by atoms with Crippen molar-refractivity contribution < 1.29 is 24.5 Å². The predicted octanol–water partition coefficient (Wildman–Crippen LogP) is 24.9. The Balaban J connectivity index is 3.39. The van der Waals surface area contributed by atoms with Gasteiger partial charge in [0.2, 0.25) is 5.91 Å². The van der Waals surface area contributed by atoms with Crippen molar-refractivity contribution in [1.82, 2.24) is 5.32 Å². The van der Waals surface area contributed by atoms with Gasteiger partial charge in [-0.25, -0.2) is 0 Å². The number of carbonyl (C=O) groups is 2. The number of aliphatic hydroxyl groups excluding tert-OH is 2. The van der Waals surface area contributed by atoms with Gasteiger partial charge >= 0.3 is 5.97 Å². The van der Waals surface area contributed by atoms with Crippen molar-refractivity contribution in [2.75, 3.05) is 13.2 Å². The van der Waals surface area contributed by atoms with Gasteiger partial charge in [0.05, 0.1) is 25.4 Å². The maximum atomic E-state index is 12.6. The van der Waals surface area contributed by atoms with Crippen LogP contribution in [0.2, 0.25) is 0 Å². The largest absolute Gasteiger partial charge is 0.466 e. The summed E-state index contributed by atoms with van der Waals surface area (Å²) in [5, 5.41) is 23.5. The highest BCUT2D eigenvalue weighted by Gasteiger charge is 2.20. The van der Waals surface area contributed by atoms with Gasteiger partial charge in [0, 0.05) is 12.8 Å². The quantitative estimate of drug-likeness (QED) is 0.0320. The van der Waals surface area contributed by atoms with Crippen molar-refractivity contribution in [3.8, 4) is 0 Å². The van der Waals surface area contributed by atoms with Crippen molar-refractivity contribution in [3.63, 3.8) is 0 Å². The molecule has 0 aromatic carbocycles. The highest BCUT2D eigenvalue weighted by Crippen LogP contribution is 2.19. The lowest BCUT2D eigenvalue weighted by Gasteiger charge is -2.22. The second-order valence-electron chi connectivity index (χ2n) is 26.3. The van der Waals surface area contributed by atoms with E-state index in [-0.39, 0.29) is 18.5 Å². The van der Waals surface area contributed by atoms with E-state index in [1.165, 1.54) is 353 Å². The molecule has 0 fully saturated rings. The van der Waals surface area contributed by atoms with Crippen LogP contribution in [0, 0.1) is 0 Å². The standard InChI is InChI=1S/C77H149NO5/c1-3-5-7-9-11-13-15-17-19-21-23-24-28-31-34-37-41-45-49-53-57-61-65-69-75(80)74(73-79)78-76(81)70-66-62-58-54-50-46-42-38-35-32-29-26-25-27-30-33-36-40-44-48-52-56-60-64-68-72-83-77(82)71-67-63-59-55-51-47-43-39-22-20-18-16-14-12-10-8-6-4-2/h20,22,26,29,74-75,79-80H,3-19,21,23-25,27-28,30-73H2,1-2H3,(H,78,81)/b22-20-,29-26-. The lowest BCUT2D eigenvalue weighted by Crippen LogP contribution is -2.45. The molecule has 0 saturated carbocycles. The molecule has 0 spiro atoms. The van der Waals surface area contributed by atoms with Gasteiger partial charge in [-0.2, -0.15) is 0 Å². The van der Waals surface area contributed by atoms with Gasteiger partial charge in [0.25, 0.3) is 0 Å². The molecule has 0 aliphatic rings. The minimum Gasteiger partial charge on any atom is -0.466 e. The van der Waals surface area contributed by atoms with Crippen molar-refractivity contribution in [3.05, 3.63) is 24.3 Å². The number of esters is 1. The van der Waals surface area contributed by atoms with Crippen molar-refractivity contribution in [2.24, 2.45) is 0 Å². The number of unbranched alkanes of at least 4 members (excludes halogenated alkanes) is 57. The van der Waals surface area contributed by atoms with Gasteiger partial charge in [-0.05, 0) is 77.0 Å². The number of rotatable bonds is 72. The maximum absolute atomic E-state index is 12.6. The van der Waals surface area contributed by atoms with Crippen molar-refractivity contribution in [2.45, 2.75) is 443 Å². The van der Waals surface area contributed by atoms with Crippen LogP contribution < -0.4 is 5.32 Å². The molecular weight excluding hydrogens is 1020 g/mol. The molecule has 83 heavy (non-hydrogen) atoms. The van der Waals surface area contributed by atoms with E-state index in [9.17, 15) is 19.8 Å². The summed E-state index contributed by atoms with van der Waals surface area (Å²) in [5.74, 6) is -0.0212. The molecule has 1 amide bonds. The van der Waals surface area contributed by atoms with E-state index in [1.807, 2.05) is 0 Å². The molecule has 0 radical (unpaired) electrons. The average Bonchev–Trinajstić information content (AvgIpc) is 3.49. The third-order valence-corrected chi connectivity index (χ3v) is 18.0. The summed E-state index contributed by atoms with van der Waals surface area (Å²) in [4.78, 5) is 24.7. The Bertz CT molecular complexity index is 1300. The van der Waals surface area contributed by atoms with Crippen molar-refractivity contribution >= 4 is 11.9 Å². The zero-order chi connectivity index (χ0) is 59.9. The normalized spacial score (nSPS) is 12.6. The van der Waals surface area contributed by atoms with Gasteiger partial charge < -0.3 is 20.3 Å². The number of hydrogen-bond donors (Lipinski definition) is 3. The summed E-state index contributed by atoms with van der Waals surface area (Å²) in [7, 11) is 0. The fraction of sp³-hybridized carbons (Fsp3) is 0.922. The third-order valence-electron chi connectivity index (χ3n) is 18.0. The summed E-state index contributed by atoms with van der Waals surface area (Å²) < 4.78 is 5.51. The summed E-state index contributed by atoms with van der Waals surface area (Å²) in [6.45, 7) is 4.99. The van der Waals surface area contributed by atoms with Crippen LogP contribution in [0.25, 0.3) is 0 Å². The maximum Gasteiger partial charge on any atom is 0.305 e. The summed E-state index contributed by atoms with van der Waals surface area (Å²) in [6.07, 6.45) is 92.4. The van der Waals surface area contributed by atoms with Gasteiger partial charge in [0.15, 0.2) is 0 Å². The fourth-order valence-electron chi connectivity index (χ4n) is 12.2. The minimum atomic E-state index is -0.668. The first kappa shape index (κ1) is 81.3. The van der Waals surface area contributed by atoms with Crippen LogP contribution in [0.5, 0.6) is 0 Å². The molecular formula is C77H149NO5. The Labute approximate surface area is 520 Å². The second-order valence-corrected chi connectivity index (χ2v) is 26.3. The molecule has 0 saturated heterocycles. The van der Waals surface area contributed by atoms with Gasteiger partial charge in [0.1, 0.15) is 0 Å². The molecule has 0 aliphatic heterocycles. The number of allylic oxidation sites excluding steroid dienone is 4. The number of ether oxygens (including phenoxy) is 1. The number of aliphatic hydroxyl groups is 2. The first-order chi connectivity index (χ1) is 41.0. The van der Waals surface area contributed by atoms with E-state index in [0.29, 0.717) is 25.9 Å². The number of hydrogen-bond acceptors (Lipinski definition) is 5. The topological polar surface area (TPSA) is 95.9 Å². The molecule has 0 aliphatic carbocycles. The van der Waals surface area contributed by atoms with Crippen LogP contribution >= 0.6 is 0 Å². The summed E-state index contributed by atoms with van der Waals surface area (Å²) in [6, 6.07) is -0.545. The molecule has 0 rings (SSSR count). The Hall–Kier alpha value is -1.66. The number of carbonyl (C=O) groups excluding carboxylic acids is 2. The first-order valence-corrected chi connectivity index (χ1v) is 38.1. The average molecular weight is 1170 g/mol. The van der Waals surface area contributed by atoms with Crippen LogP contribution in [0.1, 0.15) is 431 Å². The lowest BCUT2D eigenvalue weighted by molar-refractivity contribution is -0.143. The van der Waals surface area contributed by atoms with E-state index in [2.05, 4.69) is 43.5 Å². The molecule has 0 aromatic heterocycles. The second kappa shape index (κ2) is 72.8. The van der Waals surface area contributed by atoms with E-state index in [4.69, 9.17) is 4.74 Å². The van der Waals surface area contributed by atoms with Crippen LogP contribution in [0.3, 0.4) is 0 Å². The Morgan fingerprint density at radius 1 is 0.325 bits per heavy atom. The van der Waals surface area contributed by atoms with Crippen molar-refractivity contribution in [1.29, 1.82) is 0 Å². The minimum absolute atomic E-state index is 0.0117. The Kier molecular flexibility index (Phi) is 71.4. The third kappa shape index (κ3) is 69.3. The zero-order valence-corrected chi connectivity index (χ0v) is 56.5. The Morgan fingerprint density at radius 3 is 0.855 bits per heavy atom. The SMILES string of the molecule is CCCCCCCCC/C=C\CCCCCCCCCC(=O)OCCCCCCCCCCCCCC/C=C\CCCCCCCCCCCC(=O)NC(CO)C(O)CCCCCCCCCCCCCCCCCCCCCCCCC. The van der Waals surface area contributed by atoms with Gasteiger partial charge in [-0.1, -0.05) is 366 Å². The highest BCUT2D eigenvalue weighted by molar-refractivity contribution is 5.76. The Morgan fingerprint density at radius 2 is 0.566 bits per heavy atom. The first-order valence-electron chi connectivity index (χ1n) is 38.1. The molecule has 6 nitrogen and oxygen atoms in total. The van der Waals surface area contributed by atoms with E-state index >= 15 is 0 Å². The van der Waals surface area contributed by atoms with Gasteiger partial charge in [-0.3, -0.25) is 9.59 Å². The van der Waals surface area contributed by atoms with Crippen LogP contribution in [-0.4, -0.2) is 47.4 Å². The molecule has 2 atom stereocenters. The molecule has 0 heterocycles. The van der Waals surface area contributed by atoms with Gasteiger partial charge in [-0.15, -0.1) is 0 Å². The van der Waals surface area contributed by atoms with Crippen LogP contribution in [0.4, 0.5) is 0 Å². The summed E-state index contributed by atoms with van der Waals surface area (Å²) in [5.41, 5.74) is 0. The molecule has 0 aromatic rings. The fourth-order valence-corrected chi connectivity index (χ4v) is 12.2. The molecule has 2 unspecified atom stereocenters. The zero-order valence-electron chi connectivity index (χ0n) is 56.5. The highest BCUT2D eigenvalue weighted by atomic mass is 16.5. The van der Waals surface area contributed by atoms with Crippen LogP contribution in [0.15, 0.2) is 24.3 Å². The molecule has 3 N–H and O–H groups in total. The lowest BCUT2D eigenvalue weighted by atomic mass is 10.0. The summed E-state index contributed by atoms with van der Waals surface area (Å²) >= 11 is 0. The number of nitrogens with one attached hydrogen (secondary N) is 1. The monoisotopic (exact) mass is 1170 g/mol. The van der Waals surface area contributed by atoms with Crippen LogP contribution in [-0.2, 0) is 14.3 Å². The molecule has 6 heteroatoms. The molecule has 0 bridgehead atoms.